The molecule has 1 rings (SSSR count). The van der Waals surface area contributed by atoms with Crippen molar-refractivity contribution in [2.75, 3.05) is 25.2 Å². The molecule has 0 fully saturated rings. The van der Waals surface area contributed by atoms with Gasteiger partial charge in [-0.15, -0.1) is 0 Å². The molecule has 1 amide bonds. The first-order chi connectivity index (χ1) is 9.40. The molecule has 1 aromatic carbocycles. The Kier molecular flexibility index (Phi) is 6.47. The molecule has 0 unspecified atom stereocenters. The van der Waals surface area contributed by atoms with E-state index in [1.807, 2.05) is 12.1 Å². The van der Waals surface area contributed by atoms with Crippen molar-refractivity contribution in [1.82, 2.24) is 5.32 Å². The van der Waals surface area contributed by atoms with Gasteiger partial charge in [0.15, 0.2) is 6.61 Å². The van der Waals surface area contributed by atoms with Gasteiger partial charge in [-0.25, -0.2) is 8.42 Å². The first-order valence-corrected chi connectivity index (χ1v) is 8.33. The Morgan fingerprint density at radius 2 is 1.95 bits per heavy atom. The van der Waals surface area contributed by atoms with Gasteiger partial charge in [0.05, 0.1) is 5.75 Å². The lowest BCUT2D eigenvalue weighted by Gasteiger charge is -2.07. The second-order valence-corrected chi connectivity index (χ2v) is 6.73. The average Bonchev–Trinajstić information content (AvgIpc) is 2.41. The fraction of sp³-hybridized carbons (Fsp3) is 0.462. The third-order valence-electron chi connectivity index (χ3n) is 2.54. The van der Waals surface area contributed by atoms with Crippen molar-refractivity contribution < 1.29 is 17.9 Å². The summed E-state index contributed by atoms with van der Waals surface area (Å²) in [5.41, 5.74) is 6.46. The van der Waals surface area contributed by atoms with E-state index in [1.165, 1.54) is 6.26 Å². The minimum atomic E-state index is -2.98. The molecule has 0 saturated carbocycles. The number of ether oxygens (including phenoxy) is 1. The van der Waals surface area contributed by atoms with E-state index in [9.17, 15) is 13.2 Å². The number of nitrogens with two attached hydrogens (primary N) is 1. The third kappa shape index (κ3) is 7.10. The van der Waals surface area contributed by atoms with Gasteiger partial charge < -0.3 is 15.8 Å². The van der Waals surface area contributed by atoms with Crippen LogP contribution in [-0.4, -0.2) is 39.5 Å². The third-order valence-corrected chi connectivity index (χ3v) is 3.57. The molecular weight excluding hydrogens is 280 g/mol. The van der Waals surface area contributed by atoms with Crippen molar-refractivity contribution >= 4 is 15.7 Å². The van der Waals surface area contributed by atoms with Crippen molar-refractivity contribution in [2.45, 2.75) is 13.0 Å². The largest absolute Gasteiger partial charge is 0.484 e. The molecule has 0 aliphatic heterocycles. The molecule has 6 nitrogen and oxygen atoms in total. The first-order valence-electron chi connectivity index (χ1n) is 6.27. The molecule has 0 aliphatic carbocycles. The van der Waals surface area contributed by atoms with Gasteiger partial charge in [-0.2, -0.15) is 0 Å². The fourth-order valence-electron chi connectivity index (χ4n) is 1.48. The second kappa shape index (κ2) is 7.86. The monoisotopic (exact) mass is 300 g/mol. The van der Waals surface area contributed by atoms with E-state index >= 15 is 0 Å². The summed E-state index contributed by atoms with van der Waals surface area (Å²) in [5, 5.41) is 2.60. The number of rotatable bonds is 8. The van der Waals surface area contributed by atoms with Gasteiger partial charge in [0.1, 0.15) is 15.6 Å². The van der Waals surface area contributed by atoms with Crippen LogP contribution in [-0.2, 0) is 21.2 Å². The predicted molar refractivity (Wildman–Crippen MR) is 77.2 cm³/mol. The van der Waals surface area contributed by atoms with Gasteiger partial charge in [-0.3, -0.25) is 4.79 Å². The Morgan fingerprint density at radius 3 is 2.50 bits per heavy atom. The topological polar surface area (TPSA) is 98.5 Å². The Morgan fingerprint density at radius 1 is 1.30 bits per heavy atom. The van der Waals surface area contributed by atoms with Crippen molar-refractivity contribution in [3.63, 3.8) is 0 Å². The molecule has 0 saturated heterocycles. The smallest absolute Gasteiger partial charge is 0.257 e. The standard InChI is InChI=1S/C13H20N2O4S/c1-20(17,18)8-2-7-15-13(16)10-19-12-5-3-11(9-14)4-6-12/h3-6H,2,7-10,14H2,1H3,(H,15,16). The molecule has 0 aromatic heterocycles. The van der Waals surface area contributed by atoms with Gasteiger partial charge in [0.2, 0.25) is 0 Å². The molecule has 3 N–H and O–H groups in total. The SMILES string of the molecule is CS(=O)(=O)CCCNC(=O)COc1ccc(CN)cc1. The molecule has 0 bridgehead atoms. The van der Waals surface area contributed by atoms with Crippen LogP contribution >= 0.6 is 0 Å². The predicted octanol–water partition coefficient (Wildman–Crippen LogP) is 0.0750. The van der Waals surface area contributed by atoms with Crippen LogP contribution in [0.1, 0.15) is 12.0 Å². The Labute approximate surface area is 119 Å². The molecule has 0 spiro atoms. The highest BCUT2D eigenvalue weighted by Crippen LogP contribution is 2.11. The van der Waals surface area contributed by atoms with Crippen molar-refractivity contribution in [3.8, 4) is 5.75 Å². The van der Waals surface area contributed by atoms with Gasteiger partial charge >= 0.3 is 0 Å². The summed E-state index contributed by atoms with van der Waals surface area (Å²) in [5.74, 6) is 0.379. The summed E-state index contributed by atoms with van der Waals surface area (Å²) >= 11 is 0. The molecule has 7 heteroatoms. The van der Waals surface area contributed by atoms with Crippen LogP contribution in [0.4, 0.5) is 0 Å². The quantitative estimate of drug-likeness (QED) is 0.662. The highest BCUT2D eigenvalue weighted by atomic mass is 32.2. The van der Waals surface area contributed by atoms with Gasteiger partial charge in [-0.1, -0.05) is 12.1 Å². The summed E-state index contributed by atoms with van der Waals surface area (Å²) in [6.45, 7) is 0.684. The minimum Gasteiger partial charge on any atom is -0.484 e. The van der Waals surface area contributed by atoms with Crippen molar-refractivity contribution in [1.29, 1.82) is 0 Å². The van der Waals surface area contributed by atoms with E-state index in [-0.39, 0.29) is 18.3 Å². The summed E-state index contributed by atoms with van der Waals surface area (Å²) in [6.07, 6.45) is 1.57. The highest BCUT2D eigenvalue weighted by molar-refractivity contribution is 7.90. The number of benzene rings is 1. The second-order valence-electron chi connectivity index (χ2n) is 4.47. The Balaban J connectivity index is 2.22. The van der Waals surface area contributed by atoms with Gasteiger partial charge in [0, 0.05) is 19.3 Å². The fourth-order valence-corrected chi connectivity index (χ4v) is 2.15. The summed E-state index contributed by atoms with van der Waals surface area (Å²) in [6, 6.07) is 7.16. The van der Waals surface area contributed by atoms with E-state index in [1.54, 1.807) is 12.1 Å². The summed E-state index contributed by atoms with van der Waals surface area (Å²) in [7, 11) is -2.98. The van der Waals surface area contributed by atoms with E-state index in [0.29, 0.717) is 25.3 Å². The molecule has 0 aliphatic rings. The lowest BCUT2D eigenvalue weighted by molar-refractivity contribution is -0.123. The summed E-state index contributed by atoms with van der Waals surface area (Å²) in [4.78, 5) is 11.5. The minimum absolute atomic E-state index is 0.0642. The van der Waals surface area contributed by atoms with Crippen LogP contribution in [0.5, 0.6) is 5.75 Å². The van der Waals surface area contributed by atoms with Crippen LogP contribution in [0.2, 0.25) is 0 Å². The van der Waals surface area contributed by atoms with Crippen LogP contribution < -0.4 is 15.8 Å². The van der Waals surface area contributed by atoms with Crippen LogP contribution in [0.3, 0.4) is 0 Å². The Hall–Kier alpha value is -1.60. The number of nitrogens with one attached hydrogen (secondary N) is 1. The lowest BCUT2D eigenvalue weighted by atomic mass is 10.2. The van der Waals surface area contributed by atoms with Crippen LogP contribution in [0, 0.1) is 0 Å². The first kappa shape index (κ1) is 16.5. The maximum Gasteiger partial charge on any atom is 0.257 e. The zero-order valence-corrected chi connectivity index (χ0v) is 12.3. The van der Waals surface area contributed by atoms with E-state index in [2.05, 4.69) is 5.32 Å². The van der Waals surface area contributed by atoms with E-state index in [0.717, 1.165) is 5.56 Å². The summed E-state index contributed by atoms with van der Waals surface area (Å²) < 4.78 is 27.1. The zero-order chi connectivity index (χ0) is 15.0. The highest BCUT2D eigenvalue weighted by Gasteiger charge is 2.04. The number of sulfone groups is 1. The van der Waals surface area contributed by atoms with Crippen LogP contribution in [0.25, 0.3) is 0 Å². The van der Waals surface area contributed by atoms with Crippen molar-refractivity contribution in [3.05, 3.63) is 29.8 Å². The molecule has 0 radical (unpaired) electrons. The van der Waals surface area contributed by atoms with E-state index < -0.39 is 9.84 Å². The van der Waals surface area contributed by atoms with Gasteiger partial charge in [-0.05, 0) is 24.1 Å². The van der Waals surface area contributed by atoms with E-state index in [4.69, 9.17) is 10.5 Å². The number of carbonyl (C=O) groups is 1. The number of carbonyl (C=O) groups excluding carboxylic acids is 1. The molecule has 0 heterocycles. The maximum absolute atomic E-state index is 11.5. The zero-order valence-electron chi connectivity index (χ0n) is 11.5. The molecule has 20 heavy (non-hydrogen) atoms. The number of amides is 1. The molecule has 112 valence electrons. The normalized spacial score (nSPS) is 11.1. The number of hydrogen-bond acceptors (Lipinski definition) is 5. The van der Waals surface area contributed by atoms with Crippen molar-refractivity contribution in [2.24, 2.45) is 5.73 Å². The lowest BCUT2D eigenvalue weighted by Crippen LogP contribution is -2.30. The number of hydrogen-bond donors (Lipinski definition) is 2. The molecule has 0 atom stereocenters. The molecule has 1 aromatic rings. The maximum atomic E-state index is 11.5. The molecular formula is C13H20N2O4S. The van der Waals surface area contributed by atoms with Crippen LogP contribution in [0.15, 0.2) is 24.3 Å². The van der Waals surface area contributed by atoms with Gasteiger partial charge in [0.25, 0.3) is 5.91 Å². The average molecular weight is 300 g/mol. The Bertz CT molecular complexity index is 526.